The highest BCUT2D eigenvalue weighted by Gasteiger charge is 2.23. The van der Waals surface area contributed by atoms with Gasteiger partial charge >= 0.3 is 0 Å². The van der Waals surface area contributed by atoms with Crippen LogP contribution in [-0.4, -0.2) is 27.7 Å². The second kappa shape index (κ2) is 12.7. The van der Waals surface area contributed by atoms with Crippen molar-refractivity contribution < 1.29 is 15.3 Å². The highest BCUT2D eigenvalue weighted by Crippen LogP contribution is 2.35. The second-order valence-electron chi connectivity index (χ2n) is 7.37. The van der Waals surface area contributed by atoms with Crippen molar-refractivity contribution in [1.29, 1.82) is 0 Å². The molecule has 0 aromatic rings. The summed E-state index contributed by atoms with van der Waals surface area (Å²) in [5.74, 6) is -0.384. The van der Waals surface area contributed by atoms with Gasteiger partial charge in [-0.05, 0) is 56.8 Å². The van der Waals surface area contributed by atoms with Gasteiger partial charge in [-0.3, -0.25) is 0 Å². The van der Waals surface area contributed by atoms with Gasteiger partial charge in [0, 0.05) is 6.42 Å². The van der Waals surface area contributed by atoms with E-state index in [-0.39, 0.29) is 6.42 Å². The molecule has 0 bridgehead atoms. The molecule has 1 rings (SSSR count). The SMILES string of the molecule is CCCCCC/C=C/[C@H]1CCC[C@@H]1C/C=C\CCCC(O)(O)CO. The van der Waals surface area contributed by atoms with Crippen LogP contribution in [0.1, 0.15) is 84.0 Å². The maximum absolute atomic E-state index is 9.31. The Labute approximate surface area is 148 Å². The molecule has 0 heterocycles. The van der Waals surface area contributed by atoms with Gasteiger partial charge < -0.3 is 15.3 Å². The number of unbranched alkanes of at least 4 members (excludes halogenated alkanes) is 5. The zero-order valence-corrected chi connectivity index (χ0v) is 15.5. The predicted octanol–water partition coefficient (Wildman–Crippen LogP) is 4.72. The summed E-state index contributed by atoms with van der Waals surface area (Å²) in [5.41, 5.74) is 0. The van der Waals surface area contributed by atoms with E-state index in [0.717, 1.165) is 24.7 Å². The molecule has 0 unspecified atom stereocenters. The lowest BCUT2D eigenvalue weighted by molar-refractivity contribution is -0.191. The Kier molecular flexibility index (Phi) is 11.3. The molecule has 0 amide bonds. The zero-order chi connectivity index (χ0) is 17.7. The first-order chi connectivity index (χ1) is 11.6. The summed E-state index contributed by atoms with van der Waals surface area (Å²) in [6, 6.07) is 0. The average Bonchev–Trinajstić information content (AvgIpc) is 3.01. The van der Waals surface area contributed by atoms with Crippen molar-refractivity contribution in [3.8, 4) is 0 Å². The molecule has 0 aromatic carbocycles. The van der Waals surface area contributed by atoms with Crippen LogP contribution in [0.4, 0.5) is 0 Å². The quantitative estimate of drug-likeness (QED) is 0.259. The third kappa shape index (κ3) is 9.61. The molecule has 140 valence electrons. The molecule has 1 fully saturated rings. The van der Waals surface area contributed by atoms with Gasteiger partial charge in [0.2, 0.25) is 0 Å². The van der Waals surface area contributed by atoms with Gasteiger partial charge in [0.15, 0.2) is 5.79 Å². The molecular weight excluding hydrogens is 300 g/mol. The van der Waals surface area contributed by atoms with Crippen molar-refractivity contribution in [2.24, 2.45) is 11.8 Å². The summed E-state index contributed by atoms with van der Waals surface area (Å²) in [6.45, 7) is 1.66. The van der Waals surface area contributed by atoms with Crippen molar-refractivity contribution in [2.45, 2.75) is 89.8 Å². The highest BCUT2D eigenvalue weighted by molar-refractivity contribution is 4.97. The number of aliphatic hydroxyl groups excluding tert-OH is 1. The molecule has 0 saturated heterocycles. The predicted molar refractivity (Wildman–Crippen MR) is 101 cm³/mol. The summed E-state index contributed by atoms with van der Waals surface area (Å²) < 4.78 is 0. The highest BCUT2D eigenvalue weighted by atomic mass is 16.5. The van der Waals surface area contributed by atoms with Gasteiger partial charge in [-0.25, -0.2) is 0 Å². The average molecular weight is 339 g/mol. The molecule has 1 aliphatic rings. The molecule has 3 heteroatoms. The van der Waals surface area contributed by atoms with Gasteiger partial charge in [-0.1, -0.05) is 56.9 Å². The van der Waals surface area contributed by atoms with E-state index >= 15 is 0 Å². The van der Waals surface area contributed by atoms with Gasteiger partial charge in [0.05, 0.1) is 6.61 Å². The topological polar surface area (TPSA) is 60.7 Å². The van der Waals surface area contributed by atoms with Crippen LogP contribution < -0.4 is 0 Å². The minimum atomic E-state index is -1.91. The first-order valence-corrected chi connectivity index (χ1v) is 9.96. The van der Waals surface area contributed by atoms with Crippen LogP contribution in [0.15, 0.2) is 24.3 Å². The summed E-state index contributed by atoms with van der Waals surface area (Å²) >= 11 is 0. The normalized spacial score (nSPS) is 22.2. The van der Waals surface area contributed by atoms with E-state index < -0.39 is 12.4 Å². The number of rotatable bonds is 13. The molecule has 2 atom stereocenters. The molecule has 0 aliphatic heterocycles. The third-order valence-corrected chi connectivity index (χ3v) is 5.13. The Balaban J connectivity index is 2.16. The smallest absolute Gasteiger partial charge is 0.186 e. The fourth-order valence-electron chi connectivity index (χ4n) is 3.54. The van der Waals surface area contributed by atoms with E-state index in [2.05, 4.69) is 31.2 Å². The number of hydrogen-bond acceptors (Lipinski definition) is 3. The van der Waals surface area contributed by atoms with Crippen molar-refractivity contribution >= 4 is 0 Å². The minimum Gasteiger partial charge on any atom is -0.391 e. The van der Waals surface area contributed by atoms with Crippen LogP contribution >= 0.6 is 0 Å². The standard InChI is InChI=1S/C21H38O3/c1-2-3-4-5-6-9-13-19-15-12-16-20(19)14-10-7-8-11-17-21(23,24)18-22/h7,9-10,13,19-20,22-24H,2-6,8,11-12,14-18H2,1H3/b10-7-,13-9+/t19-,20-/m0/s1. The van der Waals surface area contributed by atoms with E-state index in [1.165, 1.54) is 51.4 Å². The summed E-state index contributed by atoms with van der Waals surface area (Å²) in [7, 11) is 0. The van der Waals surface area contributed by atoms with E-state index in [0.29, 0.717) is 6.42 Å². The zero-order valence-electron chi connectivity index (χ0n) is 15.5. The summed E-state index contributed by atoms with van der Waals surface area (Å²) in [4.78, 5) is 0. The molecule has 0 aromatic heterocycles. The van der Waals surface area contributed by atoms with Crippen LogP contribution in [0.2, 0.25) is 0 Å². The third-order valence-electron chi connectivity index (χ3n) is 5.13. The lowest BCUT2D eigenvalue weighted by Crippen LogP contribution is -2.32. The second-order valence-corrected chi connectivity index (χ2v) is 7.37. The van der Waals surface area contributed by atoms with Crippen LogP contribution in [-0.2, 0) is 0 Å². The summed E-state index contributed by atoms with van der Waals surface area (Å²) in [5, 5.41) is 27.4. The molecule has 24 heavy (non-hydrogen) atoms. The van der Waals surface area contributed by atoms with Gasteiger partial charge in [-0.15, -0.1) is 0 Å². The molecular formula is C21H38O3. The lowest BCUT2D eigenvalue weighted by Gasteiger charge is -2.17. The largest absolute Gasteiger partial charge is 0.391 e. The van der Waals surface area contributed by atoms with Gasteiger partial charge in [0.25, 0.3) is 0 Å². The van der Waals surface area contributed by atoms with Crippen LogP contribution in [0.25, 0.3) is 0 Å². The maximum Gasteiger partial charge on any atom is 0.186 e. The van der Waals surface area contributed by atoms with Crippen molar-refractivity contribution in [1.82, 2.24) is 0 Å². The molecule has 1 aliphatic carbocycles. The Morgan fingerprint density at radius 1 is 0.958 bits per heavy atom. The first kappa shape index (κ1) is 21.4. The summed E-state index contributed by atoms with van der Waals surface area (Å²) in [6.07, 6.45) is 22.7. The fourth-order valence-corrected chi connectivity index (χ4v) is 3.54. The van der Waals surface area contributed by atoms with Crippen molar-refractivity contribution in [3.63, 3.8) is 0 Å². The Bertz CT molecular complexity index is 360. The fraction of sp³-hybridized carbons (Fsp3) is 0.810. The molecule has 3 nitrogen and oxygen atoms in total. The molecule has 3 N–H and O–H groups in total. The number of aliphatic hydroxyl groups is 3. The van der Waals surface area contributed by atoms with Crippen LogP contribution in [0.3, 0.4) is 0 Å². The number of hydrogen-bond donors (Lipinski definition) is 3. The lowest BCUT2D eigenvalue weighted by atomic mass is 9.92. The van der Waals surface area contributed by atoms with Crippen LogP contribution in [0, 0.1) is 11.8 Å². The molecule has 0 radical (unpaired) electrons. The Hall–Kier alpha value is -0.640. The first-order valence-electron chi connectivity index (χ1n) is 9.96. The van der Waals surface area contributed by atoms with E-state index in [4.69, 9.17) is 5.11 Å². The van der Waals surface area contributed by atoms with Crippen molar-refractivity contribution in [3.05, 3.63) is 24.3 Å². The van der Waals surface area contributed by atoms with E-state index in [1.807, 2.05) is 0 Å². The molecule has 0 spiro atoms. The molecule has 1 saturated carbocycles. The monoisotopic (exact) mass is 338 g/mol. The van der Waals surface area contributed by atoms with Crippen LogP contribution in [0.5, 0.6) is 0 Å². The van der Waals surface area contributed by atoms with E-state index in [1.54, 1.807) is 0 Å². The minimum absolute atomic E-state index is 0.223. The Morgan fingerprint density at radius 3 is 2.50 bits per heavy atom. The number of allylic oxidation sites excluding steroid dienone is 4. The van der Waals surface area contributed by atoms with Gasteiger partial charge in [-0.2, -0.15) is 0 Å². The Morgan fingerprint density at radius 2 is 1.75 bits per heavy atom. The maximum atomic E-state index is 9.31. The van der Waals surface area contributed by atoms with E-state index in [9.17, 15) is 10.2 Å². The van der Waals surface area contributed by atoms with Gasteiger partial charge in [0.1, 0.15) is 0 Å². The van der Waals surface area contributed by atoms with Crippen molar-refractivity contribution in [2.75, 3.05) is 6.61 Å².